The normalized spacial score (nSPS) is 26.0. The summed E-state index contributed by atoms with van der Waals surface area (Å²) in [5, 5.41) is 11.9. The van der Waals surface area contributed by atoms with Crippen molar-refractivity contribution in [3.63, 3.8) is 0 Å². The summed E-state index contributed by atoms with van der Waals surface area (Å²) in [7, 11) is 0. The molecule has 4 fully saturated rings. The quantitative estimate of drug-likeness (QED) is 0.343. The molecule has 254 valence electrons. The van der Waals surface area contributed by atoms with Gasteiger partial charge in [-0.25, -0.2) is 19.9 Å². The zero-order valence-corrected chi connectivity index (χ0v) is 26.6. The summed E-state index contributed by atoms with van der Waals surface area (Å²) in [6.07, 6.45) is 4.79. The lowest BCUT2D eigenvalue weighted by Gasteiger charge is -2.37. The third-order valence-electron chi connectivity index (χ3n) is 9.83. The fraction of sp³-hybridized carbons (Fsp3) is 0.677. The minimum Gasteiger partial charge on any atom is -0.457 e. The van der Waals surface area contributed by atoms with E-state index in [0.717, 1.165) is 42.6 Å². The largest absolute Gasteiger partial charge is 0.457 e. The topological polar surface area (TPSA) is 142 Å². The van der Waals surface area contributed by atoms with Crippen LogP contribution in [0.1, 0.15) is 70.2 Å². The minimum absolute atomic E-state index is 0.0271. The highest BCUT2D eigenvalue weighted by atomic mass is 19.4. The molecule has 0 unspecified atom stereocenters. The Bertz CT molecular complexity index is 1490. The lowest BCUT2D eigenvalue weighted by Crippen LogP contribution is -2.55. The van der Waals surface area contributed by atoms with Gasteiger partial charge >= 0.3 is 6.18 Å². The van der Waals surface area contributed by atoms with Gasteiger partial charge in [-0.15, -0.1) is 0 Å². The highest BCUT2D eigenvalue weighted by molar-refractivity contribution is 6.13. The molecule has 2 saturated carbocycles. The highest BCUT2D eigenvalue weighted by Gasteiger charge is 2.56. The van der Waals surface area contributed by atoms with E-state index in [1.54, 1.807) is 17.3 Å². The van der Waals surface area contributed by atoms with Gasteiger partial charge in [-0.3, -0.25) is 15.1 Å². The number of nitrogens with zero attached hydrogens (tertiary/aromatic N) is 7. The van der Waals surface area contributed by atoms with E-state index in [-0.39, 0.29) is 49.7 Å². The molecule has 1 spiro atoms. The van der Waals surface area contributed by atoms with E-state index >= 15 is 0 Å². The molecule has 0 bridgehead atoms. The third-order valence-corrected chi connectivity index (χ3v) is 9.83. The Kier molecular flexibility index (Phi) is 8.35. The summed E-state index contributed by atoms with van der Waals surface area (Å²) < 4.78 is 57.5. The number of ether oxygens (including phenoxy) is 3. The SMILES string of the molecule is C[C@@H]1CN(c2ncc(N3C(=O)C4(CCCC4)c4c(NC5CCC5)nc(COC(=N)N5CCOC[C@H]5C(F)(F)F)nc43)cn2)C[C@H](C)O1. The zero-order chi connectivity index (χ0) is 32.9. The number of fused-ring (bicyclic) bond motifs is 2. The second-order valence-electron chi connectivity index (χ2n) is 13.2. The number of amides is 1. The van der Waals surface area contributed by atoms with Crippen LogP contribution < -0.4 is 15.1 Å². The average Bonchev–Trinajstić information content (AvgIpc) is 3.60. The van der Waals surface area contributed by atoms with Crippen molar-refractivity contribution in [3.8, 4) is 0 Å². The molecule has 0 radical (unpaired) electrons. The first-order valence-electron chi connectivity index (χ1n) is 16.4. The fourth-order valence-electron chi connectivity index (χ4n) is 7.38. The Morgan fingerprint density at radius 2 is 1.81 bits per heavy atom. The Labute approximate surface area is 270 Å². The third kappa shape index (κ3) is 5.94. The maximum absolute atomic E-state index is 14.5. The van der Waals surface area contributed by atoms with Crippen LogP contribution in [0.4, 0.5) is 36.4 Å². The monoisotopic (exact) mass is 659 g/mol. The Hall–Kier alpha value is -3.79. The molecule has 2 aromatic rings. The van der Waals surface area contributed by atoms with Gasteiger partial charge in [0.05, 0.1) is 54.5 Å². The maximum Gasteiger partial charge on any atom is 0.411 e. The van der Waals surface area contributed by atoms with E-state index in [4.69, 9.17) is 29.6 Å². The number of carbonyl (C=O) groups excluding carboxylic acids is 1. The summed E-state index contributed by atoms with van der Waals surface area (Å²) in [6, 6.07) is -2.43. The molecular formula is C31H40F3N9O4. The lowest BCUT2D eigenvalue weighted by molar-refractivity contribution is -0.202. The fourth-order valence-corrected chi connectivity index (χ4v) is 7.38. The van der Waals surface area contributed by atoms with Crippen LogP contribution in [-0.4, -0.2) is 100 Å². The summed E-state index contributed by atoms with van der Waals surface area (Å²) in [5.74, 6) is 1.50. The number of aromatic nitrogens is 4. The molecule has 7 rings (SSSR count). The van der Waals surface area contributed by atoms with Gasteiger partial charge in [-0.1, -0.05) is 12.8 Å². The van der Waals surface area contributed by atoms with Crippen LogP contribution in [0.5, 0.6) is 0 Å². The Balaban J connectivity index is 1.22. The van der Waals surface area contributed by atoms with Crippen LogP contribution in [0, 0.1) is 5.41 Å². The molecule has 1 amide bonds. The molecule has 2 aromatic heterocycles. The number of halogens is 3. The van der Waals surface area contributed by atoms with E-state index in [2.05, 4.69) is 20.2 Å². The van der Waals surface area contributed by atoms with Gasteiger partial charge in [-0.05, 0) is 46.0 Å². The van der Waals surface area contributed by atoms with Crippen molar-refractivity contribution in [2.75, 3.05) is 48.0 Å². The summed E-state index contributed by atoms with van der Waals surface area (Å²) in [6.45, 7) is 4.28. The zero-order valence-electron chi connectivity index (χ0n) is 26.6. The van der Waals surface area contributed by atoms with Crippen LogP contribution in [0.2, 0.25) is 0 Å². The number of rotatable bonds is 6. The number of hydrogen-bond acceptors (Lipinski definition) is 11. The van der Waals surface area contributed by atoms with Gasteiger partial charge in [0, 0.05) is 25.7 Å². The molecule has 3 atom stereocenters. The van der Waals surface area contributed by atoms with Crippen LogP contribution in [0.15, 0.2) is 12.4 Å². The molecule has 0 aromatic carbocycles. The van der Waals surface area contributed by atoms with Gasteiger partial charge < -0.3 is 29.3 Å². The standard InChI is InChI=1S/C31H40F3N9O4/c1-18-14-41(15-19(2)47-18)29-36-12-21(13-37-29)43-26-24(30(27(43)44)8-3-4-9-30)25(38-20-6-5-7-20)39-23(40-26)17-46-28(35)42-10-11-45-16-22(42)31(32,33)34/h12-13,18-20,22,35H,3-11,14-17H2,1-2H3,(H,38,39,40)/t18-,19+,22-/m0/s1. The molecular weight excluding hydrogens is 619 g/mol. The second kappa shape index (κ2) is 12.3. The molecule has 2 aliphatic carbocycles. The number of carbonyl (C=O) groups is 1. The number of nitrogens with one attached hydrogen (secondary N) is 2. The van der Waals surface area contributed by atoms with E-state index < -0.39 is 30.3 Å². The van der Waals surface area contributed by atoms with Crippen molar-refractivity contribution in [3.05, 3.63) is 23.8 Å². The number of alkyl halides is 3. The molecule has 13 nitrogen and oxygen atoms in total. The van der Waals surface area contributed by atoms with Crippen molar-refractivity contribution in [2.45, 2.75) is 101 Å². The predicted octanol–water partition coefficient (Wildman–Crippen LogP) is 4.05. The van der Waals surface area contributed by atoms with Crippen molar-refractivity contribution in [1.29, 1.82) is 5.41 Å². The predicted molar refractivity (Wildman–Crippen MR) is 165 cm³/mol. The van der Waals surface area contributed by atoms with Crippen molar-refractivity contribution in [2.24, 2.45) is 0 Å². The molecule has 2 saturated heterocycles. The molecule has 16 heteroatoms. The summed E-state index contributed by atoms with van der Waals surface area (Å²) >= 11 is 0. The molecule has 47 heavy (non-hydrogen) atoms. The molecule has 5 aliphatic rings. The van der Waals surface area contributed by atoms with Crippen LogP contribution in [0.25, 0.3) is 0 Å². The van der Waals surface area contributed by atoms with Crippen LogP contribution >= 0.6 is 0 Å². The van der Waals surface area contributed by atoms with Crippen molar-refractivity contribution < 1.29 is 32.2 Å². The first kappa shape index (κ1) is 31.8. The van der Waals surface area contributed by atoms with E-state index in [1.807, 2.05) is 13.8 Å². The van der Waals surface area contributed by atoms with Gasteiger partial charge in [0.2, 0.25) is 11.9 Å². The van der Waals surface area contributed by atoms with Crippen molar-refractivity contribution in [1.82, 2.24) is 24.8 Å². The smallest absolute Gasteiger partial charge is 0.411 e. The van der Waals surface area contributed by atoms with Crippen LogP contribution in [-0.2, 0) is 31.0 Å². The number of morpholine rings is 2. The van der Waals surface area contributed by atoms with E-state index in [1.165, 1.54) is 0 Å². The van der Waals surface area contributed by atoms with Gasteiger partial charge in [0.25, 0.3) is 6.02 Å². The molecule has 5 heterocycles. The van der Waals surface area contributed by atoms with Gasteiger partial charge in [0.1, 0.15) is 11.6 Å². The average molecular weight is 660 g/mol. The Morgan fingerprint density at radius 3 is 2.45 bits per heavy atom. The van der Waals surface area contributed by atoms with E-state index in [0.29, 0.717) is 49.2 Å². The maximum atomic E-state index is 14.5. The second-order valence-corrected chi connectivity index (χ2v) is 13.2. The van der Waals surface area contributed by atoms with Gasteiger partial charge in [-0.2, -0.15) is 13.2 Å². The molecule has 2 N–H and O–H groups in total. The first-order valence-corrected chi connectivity index (χ1v) is 16.4. The lowest BCUT2D eigenvalue weighted by atomic mass is 9.80. The summed E-state index contributed by atoms with van der Waals surface area (Å²) in [4.78, 5) is 37.8. The van der Waals surface area contributed by atoms with Gasteiger partial charge in [0.15, 0.2) is 18.5 Å². The highest BCUT2D eigenvalue weighted by Crippen LogP contribution is 2.55. The number of amidine groups is 1. The molecule has 3 aliphatic heterocycles. The van der Waals surface area contributed by atoms with Crippen LogP contribution in [0.3, 0.4) is 0 Å². The minimum atomic E-state index is -4.59. The summed E-state index contributed by atoms with van der Waals surface area (Å²) in [5.41, 5.74) is 0.387. The number of hydrogen-bond donors (Lipinski definition) is 2. The van der Waals surface area contributed by atoms with E-state index in [9.17, 15) is 18.0 Å². The first-order chi connectivity index (χ1) is 22.5. The Morgan fingerprint density at radius 1 is 1.11 bits per heavy atom. The van der Waals surface area contributed by atoms with Crippen molar-refractivity contribution >= 4 is 35.2 Å². The number of anilines is 4.